The Morgan fingerprint density at radius 3 is 1.81 bits per heavy atom. The van der Waals surface area contributed by atoms with Crippen LogP contribution in [0.15, 0.2) is 243 Å². The Hall–Kier alpha value is -7.94. The van der Waals surface area contributed by atoms with Gasteiger partial charge in [0.1, 0.15) is 0 Å². The maximum absolute atomic E-state index is 4.39. The second-order valence-corrected chi connectivity index (χ2v) is 16.2. The van der Waals surface area contributed by atoms with Gasteiger partial charge in [-0.25, -0.2) is 0 Å². The Balaban J connectivity index is 1.09. The molecule has 10 aromatic rings. The molecule has 0 radical (unpaired) electrons. The largest absolute Gasteiger partial charge is 0.310 e. The number of benzene rings is 9. The summed E-state index contributed by atoms with van der Waals surface area (Å²) in [5.74, 6) is 0. The van der Waals surface area contributed by atoms with E-state index in [1.807, 2.05) is 6.08 Å². The number of nitrogens with zero attached hydrogens (tertiary/aromatic N) is 2. The first-order valence-electron chi connectivity index (χ1n) is 21.4. The van der Waals surface area contributed by atoms with E-state index in [1.54, 1.807) is 0 Å². The first-order chi connectivity index (χ1) is 30.6. The molecule has 0 amide bonds. The number of anilines is 2. The van der Waals surface area contributed by atoms with Crippen LogP contribution in [0.25, 0.3) is 55.8 Å². The molecule has 0 fully saturated rings. The number of rotatable bonds is 9. The molecule has 2 heteroatoms. The fourth-order valence-electron chi connectivity index (χ4n) is 10.0. The van der Waals surface area contributed by atoms with Crippen LogP contribution in [0.4, 0.5) is 11.4 Å². The van der Waals surface area contributed by atoms with Gasteiger partial charge in [-0.1, -0.05) is 183 Å². The van der Waals surface area contributed by atoms with E-state index in [9.17, 15) is 0 Å². The van der Waals surface area contributed by atoms with E-state index in [-0.39, 0.29) is 0 Å². The van der Waals surface area contributed by atoms with E-state index < -0.39 is 5.41 Å². The minimum Gasteiger partial charge on any atom is -0.310 e. The summed E-state index contributed by atoms with van der Waals surface area (Å²) < 4.78 is 2.37. The van der Waals surface area contributed by atoms with Crippen LogP contribution in [-0.2, 0) is 5.41 Å². The van der Waals surface area contributed by atoms with Crippen molar-refractivity contribution in [2.45, 2.75) is 12.3 Å². The van der Waals surface area contributed by atoms with Crippen molar-refractivity contribution in [3.8, 4) is 27.9 Å². The average Bonchev–Trinajstić information content (AvgIpc) is 3.84. The van der Waals surface area contributed by atoms with Crippen LogP contribution < -0.4 is 4.90 Å². The van der Waals surface area contributed by atoms with Gasteiger partial charge in [0.2, 0.25) is 0 Å². The first kappa shape index (κ1) is 37.1. The molecule has 0 aliphatic heterocycles. The molecule has 0 bridgehead atoms. The van der Waals surface area contributed by atoms with Gasteiger partial charge in [-0.05, 0) is 123 Å². The van der Waals surface area contributed by atoms with E-state index >= 15 is 0 Å². The fourth-order valence-corrected chi connectivity index (χ4v) is 10.0. The van der Waals surface area contributed by atoms with Crippen LogP contribution in [0.5, 0.6) is 0 Å². The number of hydrogen-bond donors (Lipinski definition) is 0. The van der Waals surface area contributed by atoms with Crippen molar-refractivity contribution in [2.24, 2.45) is 0 Å². The second kappa shape index (κ2) is 15.3. The molecule has 0 saturated carbocycles. The number of aryl methyl sites for hydroxylation is 1. The first-order valence-corrected chi connectivity index (χ1v) is 21.4. The highest BCUT2D eigenvalue weighted by Crippen LogP contribution is 2.58. The van der Waals surface area contributed by atoms with Gasteiger partial charge in [0.25, 0.3) is 0 Å². The van der Waals surface area contributed by atoms with Gasteiger partial charge in [0.05, 0.1) is 16.4 Å². The third-order valence-corrected chi connectivity index (χ3v) is 12.8. The Kier molecular flexibility index (Phi) is 9.13. The Labute approximate surface area is 363 Å². The predicted octanol–water partition coefficient (Wildman–Crippen LogP) is 15.5. The van der Waals surface area contributed by atoms with Gasteiger partial charge in [-0.15, -0.1) is 0 Å². The molecule has 0 atom stereocenters. The van der Waals surface area contributed by atoms with Crippen LogP contribution in [0.3, 0.4) is 0 Å². The molecular weight excluding hydrogens is 749 g/mol. The monoisotopic (exact) mass is 792 g/mol. The summed E-state index contributed by atoms with van der Waals surface area (Å²) in [5.41, 5.74) is 18.6. The van der Waals surface area contributed by atoms with Gasteiger partial charge in [0.15, 0.2) is 0 Å². The Morgan fingerprint density at radius 1 is 0.500 bits per heavy atom. The standard InChI is InChI=1S/C60H44N2/c1-3-47(40-44-21-14-13-20-42(44)2)61(50-38-39-58-54(41-50)52-28-16-18-33-57(52)62(58)48-26-11-6-12-27-48)49-36-34-43(35-37-49)51-30-19-32-56-59(51)53-29-15-17-31-55(53)60(56,45-22-7-4-8-23-45)46-24-9-5-10-25-46/h3-41H,1H2,2H3/b47-40+. The lowest BCUT2D eigenvalue weighted by atomic mass is 9.67. The molecule has 0 spiro atoms. The highest BCUT2D eigenvalue weighted by atomic mass is 15.1. The second-order valence-electron chi connectivity index (χ2n) is 16.2. The number of hydrogen-bond acceptors (Lipinski definition) is 1. The van der Waals surface area contributed by atoms with Crippen molar-refractivity contribution < 1.29 is 0 Å². The molecule has 1 aliphatic rings. The number of allylic oxidation sites excluding steroid dienone is 1. The third kappa shape index (κ3) is 5.87. The molecule has 11 rings (SSSR count). The molecule has 62 heavy (non-hydrogen) atoms. The van der Waals surface area contributed by atoms with E-state index in [0.717, 1.165) is 28.3 Å². The van der Waals surface area contributed by atoms with E-state index in [0.29, 0.717) is 0 Å². The van der Waals surface area contributed by atoms with E-state index in [1.165, 1.54) is 71.9 Å². The Bertz CT molecular complexity index is 3260. The number of para-hydroxylation sites is 2. The lowest BCUT2D eigenvalue weighted by Crippen LogP contribution is -2.28. The zero-order valence-electron chi connectivity index (χ0n) is 34.6. The maximum atomic E-state index is 4.39. The van der Waals surface area contributed by atoms with Crippen molar-refractivity contribution in [3.63, 3.8) is 0 Å². The van der Waals surface area contributed by atoms with Crippen molar-refractivity contribution in [3.05, 3.63) is 276 Å². The SMILES string of the molecule is C=C/C(=C\c1ccccc1C)N(c1ccc(-c2cccc3c2-c2ccccc2C3(c2ccccc2)c2ccccc2)cc1)c1ccc2c(c1)c1ccccc1n2-c1ccccc1. The van der Waals surface area contributed by atoms with Crippen molar-refractivity contribution >= 4 is 39.3 Å². The van der Waals surface area contributed by atoms with Gasteiger partial charge >= 0.3 is 0 Å². The number of aromatic nitrogens is 1. The van der Waals surface area contributed by atoms with Crippen LogP contribution in [0, 0.1) is 6.92 Å². The molecule has 0 unspecified atom stereocenters. The molecule has 1 aromatic heterocycles. The molecule has 294 valence electrons. The summed E-state index contributed by atoms with van der Waals surface area (Å²) in [4.78, 5) is 2.35. The van der Waals surface area contributed by atoms with Gasteiger partial charge < -0.3 is 9.47 Å². The summed E-state index contributed by atoms with van der Waals surface area (Å²) >= 11 is 0. The molecule has 0 N–H and O–H groups in total. The minimum atomic E-state index is -0.456. The lowest BCUT2D eigenvalue weighted by molar-refractivity contribution is 0.768. The zero-order chi connectivity index (χ0) is 41.6. The highest BCUT2D eigenvalue weighted by molar-refractivity contribution is 6.10. The van der Waals surface area contributed by atoms with Gasteiger partial charge in [-0.2, -0.15) is 0 Å². The average molecular weight is 793 g/mol. The van der Waals surface area contributed by atoms with E-state index in [4.69, 9.17) is 0 Å². The lowest BCUT2D eigenvalue weighted by Gasteiger charge is -2.34. The third-order valence-electron chi connectivity index (χ3n) is 12.8. The van der Waals surface area contributed by atoms with Crippen molar-refractivity contribution in [1.29, 1.82) is 0 Å². The summed E-state index contributed by atoms with van der Waals surface area (Å²) in [5, 5.41) is 2.41. The maximum Gasteiger partial charge on any atom is 0.0713 e. The summed E-state index contributed by atoms with van der Waals surface area (Å²) in [6.07, 6.45) is 4.23. The summed E-state index contributed by atoms with van der Waals surface area (Å²) in [7, 11) is 0. The van der Waals surface area contributed by atoms with Crippen molar-refractivity contribution in [2.75, 3.05) is 4.90 Å². The van der Waals surface area contributed by atoms with Gasteiger partial charge in [0, 0.05) is 33.5 Å². The van der Waals surface area contributed by atoms with Crippen molar-refractivity contribution in [1.82, 2.24) is 4.57 Å². The van der Waals surface area contributed by atoms with Crippen LogP contribution in [0.2, 0.25) is 0 Å². The summed E-state index contributed by atoms with van der Waals surface area (Å²) in [6.45, 7) is 6.55. The quantitative estimate of drug-likeness (QED) is 0.132. The molecular formula is C60H44N2. The minimum absolute atomic E-state index is 0.456. The Morgan fingerprint density at radius 2 is 1.08 bits per heavy atom. The summed E-state index contributed by atoms with van der Waals surface area (Å²) in [6, 6.07) is 81.8. The molecule has 1 heterocycles. The molecule has 1 aliphatic carbocycles. The van der Waals surface area contributed by atoms with Crippen LogP contribution in [-0.4, -0.2) is 4.57 Å². The smallest absolute Gasteiger partial charge is 0.0713 e. The zero-order valence-corrected chi connectivity index (χ0v) is 34.6. The molecule has 2 nitrogen and oxygen atoms in total. The van der Waals surface area contributed by atoms with Crippen LogP contribution >= 0.6 is 0 Å². The van der Waals surface area contributed by atoms with E-state index in [2.05, 4.69) is 254 Å². The predicted molar refractivity (Wildman–Crippen MR) is 261 cm³/mol. The van der Waals surface area contributed by atoms with Crippen LogP contribution in [0.1, 0.15) is 33.4 Å². The highest BCUT2D eigenvalue weighted by Gasteiger charge is 2.46. The fraction of sp³-hybridized carbons (Fsp3) is 0.0333. The topological polar surface area (TPSA) is 8.17 Å². The van der Waals surface area contributed by atoms with Gasteiger partial charge in [-0.3, -0.25) is 0 Å². The number of fused-ring (bicyclic) bond motifs is 6. The normalized spacial score (nSPS) is 12.9. The molecule has 0 saturated heterocycles. The molecule has 9 aromatic carbocycles.